The molecular weight excluding hydrogens is 562 g/mol. The molecule has 12 nitrogen and oxygen atoms in total. The number of aromatic hydroxyl groups is 1. The van der Waals surface area contributed by atoms with Crippen LogP contribution in [0, 0.1) is 0 Å². The van der Waals surface area contributed by atoms with Gasteiger partial charge in [-0.2, -0.15) is 0 Å². The molecule has 1 saturated heterocycles. The first-order valence-electron chi connectivity index (χ1n) is 14.2. The number of rotatable bonds is 12. The van der Waals surface area contributed by atoms with E-state index in [2.05, 4.69) is 27.8 Å². The van der Waals surface area contributed by atoms with Gasteiger partial charge in [-0.15, -0.1) is 6.58 Å². The van der Waals surface area contributed by atoms with E-state index < -0.39 is 24.3 Å². The highest BCUT2D eigenvalue weighted by Gasteiger charge is 2.43. The molecule has 0 bridgehead atoms. The third-order valence-corrected chi connectivity index (χ3v) is 7.04. The standard InChI is InChI=1S/C32H37N7O5/c1-2-15-34-19-29(41)39-27(17-22-11-13-26(40)14-12-22)30(42)38(20-24-9-6-10-25(16-24)36-31(33)43)21-28(39)37-32(44)35-18-23-7-4-3-5-8-23/h2-14,16,27-28,34,40H,1,15,17-21H2,(H3,33,36,43)(H2,35,37,44). The van der Waals surface area contributed by atoms with Crippen LogP contribution in [0.4, 0.5) is 15.3 Å². The zero-order chi connectivity index (χ0) is 31.5. The molecule has 1 fully saturated rings. The van der Waals surface area contributed by atoms with Crippen molar-refractivity contribution >= 4 is 29.6 Å². The van der Waals surface area contributed by atoms with E-state index >= 15 is 0 Å². The summed E-state index contributed by atoms with van der Waals surface area (Å²) in [6, 6.07) is 20.6. The Morgan fingerprint density at radius 3 is 2.41 bits per heavy atom. The van der Waals surface area contributed by atoms with Gasteiger partial charge in [0.15, 0.2) is 0 Å². The van der Waals surface area contributed by atoms with Gasteiger partial charge in [0.25, 0.3) is 0 Å². The molecule has 12 heteroatoms. The van der Waals surface area contributed by atoms with Gasteiger partial charge >= 0.3 is 12.1 Å². The molecular formula is C32H37N7O5. The van der Waals surface area contributed by atoms with Crippen molar-refractivity contribution in [2.45, 2.75) is 31.7 Å². The molecule has 0 aliphatic carbocycles. The molecule has 2 atom stereocenters. The lowest BCUT2D eigenvalue weighted by molar-refractivity contribution is -0.157. The highest BCUT2D eigenvalue weighted by atomic mass is 16.3. The minimum Gasteiger partial charge on any atom is -0.508 e. The Kier molecular flexibility index (Phi) is 10.9. The van der Waals surface area contributed by atoms with Crippen LogP contribution in [-0.2, 0) is 29.1 Å². The van der Waals surface area contributed by atoms with Crippen molar-refractivity contribution in [2.24, 2.45) is 5.73 Å². The summed E-state index contributed by atoms with van der Waals surface area (Å²) in [5.41, 5.74) is 8.08. The normalized spacial score (nSPS) is 16.2. The van der Waals surface area contributed by atoms with Crippen molar-refractivity contribution in [3.05, 3.63) is 108 Å². The topological polar surface area (TPSA) is 169 Å². The maximum atomic E-state index is 14.1. The molecule has 6 amide bonds. The van der Waals surface area contributed by atoms with Gasteiger partial charge in [0.2, 0.25) is 11.8 Å². The van der Waals surface area contributed by atoms with Crippen LogP contribution >= 0.6 is 0 Å². The summed E-state index contributed by atoms with van der Waals surface area (Å²) in [4.78, 5) is 55.3. The molecule has 44 heavy (non-hydrogen) atoms. The summed E-state index contributed by atoms with van der Waals surface area (Å²) in [6.07, 6.45) is 0.907. The maximum Gasteiger partial charge on any atom is 0.316 e. The summed E-state index contributed by atoms with van der Waals surface area (Å²) >= 11 is 0. The van der Waals surface area contributed by atoms with E-state index in [-0.39, 0.29) is 50.2 Å². The smallest absolute Gasteiger partial charge is 0.316 e. The summed E-state index contributed by atoms with van der Waals surface area (Å²) in [5, 5.41) is 21.1. The van der Waals surface area contributed by atoms with Crippen LogP contribution in [0.2, 0.25) is 0 Å². The number of amides is 6. The van der Waals surface area contributed by atoms with Crippen LogP contribution < -0.4 is 27.0 Å². The Hall–Kier alpha value is -5.36. The van der Waals surface area contributed by atoms with Crippen LogP contribution in [0.5, 0.6) is 5.75 Å². The Morgan fingerprint density at radius 2 is 1.70 bits per heavy atom. The zero-order valence-electron chi connectivity index (χ0n) is 24.2. The van der Waals surface area contributed by atoms with Gasteiger partial charge in [-0.05, 0) is 41.0 Å². The van der Waals surface area contributed by atoms with E-state index in [9.17, 15) is 24.3 Å². The molecule has 7 N–H and O–H groups in total. The van der Waals surface area contributed by atoms with Gasteiger partial charge in [-0.1, -0.05) is 60.7 Å². The average molecular weight is 600 g/mol. The fourth-order valence-electron chi connectivity index (χ4n) is 5.04. The molecule has 1 aliphatic rings. The fraction of sp³-hybridized carbons (Fsp3) is 0.250. The number of carbonyl (C=O) groups excluding carboxylic acids is 4. The number of phenols is 1. The van der Waals surface area contributed by atoms with Crippen LogP contribution in [-0.4, -0.2) is 70.6 Å². The first-order chi connectivity index (χ1) is 21.2. The number of nitrogens with two attached hydrogens (primary N) is 1. The maximum absolute atomic E-state index is 14.1. The number of hydrogen-bond donors (Lipinski definition) is 6. The number of nitrogens with one attached hydrogen (secondary N) is 4. The number of piperazine rings is 1. The highest BCUT2D eigenvalue weighted by molar-refractivity contribution is 5.91. The first kappa shape index (κ1) is 31.6. The van der Waals surface area contributed by atoms with Gasteiger partial charge in [-0.25, -0.2) is 9.59 Å². The van der Waals surface area contributed by atoms with Crippen molar-refractivity contribution in [3.8, 4) is 5.75 Å². The van der Waals surface area contributed by atoms with E-state index in [1.165, 1.54) is 17.0 Å². The van der Waals surface area contributed by atoms with Crippen molar-refractivity contribution in [1.82, 2.24) is 25.8 Å². The Balaban J connectivity index is 1.63. The lowest BCUT2D eigenvalue weighted by atomic mass is 9.99. The monoisotopic (exact) mass is 599 g/mol. The predicted molar refractivity (Wildman–Crippen MR) is 166 cm³/mol. The minimum absolute atomic E-state index is 0.0182. The second kappa shape index (κ2) is 15.2. The Morgan fingerprint density at radius 1 is 0.977 bits per heavy atom. The molecule has 3 aromatic carbocycles. The highest BCUT2D eigenvalue weighted by Crippen LogP contribution is 2.24. The van der Waals surface area contributed by atoms with Crippen LogP contribution in [0.3, 0.4) is 0 Å². The van der Waals surface area contributed by atoms with Gasteiger partial charge in [0.05, 0.1) is 13.1 Å². The predicted octanol–water partition coefficient (Wildman–Crippen LogP) is 2.27. The van der Waals surface area contributed by atoms with Gasteiger partial charge in [-0.3, -0.25) is 9.59 Å². The third-order valence-electron chi connectivity index (χ3n) is 7.04. The SMILES string of the molecule is C=CCNCC(=O)N1C(NC(=O)NCc2ccccc2)CN(Cc2cccc(NC(N)=O)c2)C(=O)C1Cc1ccc(O)cc1. The molecule has 0 aromatic heterocycles. The van der Waals surface area contributed by atoms with E-state index in [0.717, 1.165) is 11.1 Å². The Bertz CT molecular complexity index is 1470. The quantitative estimate of drug-likeness (QED) is 0.138. The van der Waals surface area contributed by atoms with Gasteiger partial charge in [0, 0.05) is 31.7 Å². The molecule has 0 radical (unpaired) electrons. The lowest BCUT2D eigenvalue weighted by Gasteiger charge is -2.46. The largest absolute Gasteiger partial charge is 0.508 e. The van der Waals surface area contributed by atoms with Crippen LogP contribution in [0.1, 0.15) is 16.7 Å². The number of hydrogen-bond acceptors (Lipinski definition) is 6. The van der Waals surface area contributed by atoms with E-state index in [4.69, 9.17) is 5.73 Å². The molecule has 1 aliphatic heterocycles. The number of benzene rings is 3. The van der Waals surface area contributed by atoms with Crippen molar-refractivity contribution in [2.75, 3.05) is 25.0 Å². The molecule has 0 saturated carbocycles. The molecule has 0 spiro atoms. The Labute approximate surface area is 255 Å². The third kappa shape index (κ3) is 8.82. The molecule has 1 heterocycles. The van der Waals surface area contributed by atoms with Crippen molar-refractivity contribution in [3.63, 3.8) is 0 Å². The van der Waals surface area contributed by atoms with Gasteiger partial charge in [0.1, 0.15) is 18.0 Å². The lowest BCUT2D eigenvalue weighted by Crippen LogP contribution is -2.69. The number of primary amides is 1. The zero-order valence-corrected chi connectivity index (χ0v) is 24.2. The van der Waals surface area contributed by atoms with Crippen molar-refractivity contribution < 1.29 is 24.3 Å². The fourth-order valence-corrected chi connectivity index (χ4v) is 5.04. The summed E-state index contributed by atoms with van der Waals surface area (Å²) < 4.78 is 0. The number of carbonyl (C=O) groups is 4. The summed E-state index contributed by atoms with van der Waals surface area (Å²) in [5.74, 6) is -0.609. The minimum atomic E-state index is -0.960. The summed E-state index contributed by atoms with van der Waals surface area (Å²) in [7, 11) is 0. The van der Waals surface area contributed by atoms with Crippen molar-refractivity contribution in [1.29, 1.82) is 0 Å². The molecule has 230 valence electrons. The molecule has 2 unspecified atom stereocenters. The second-order valence-corrected chi connectivity index (χ2v) is 10.3. The van der Waals surface area contributed by atoms with E-state index in [1.807, 2.05) is 30.3 Å². The number of urea groups is 2. The number of phenolic OH excluding ortho intramolecular Hbond substituents is 1. The first-order valence-corrected chi connectivity index (χ1v) is 14.2. The van der Waals surface area contributed by atoms with Gasteiger partial charge < -0.3 is 41.9 Å². The number of anilines is 1. The van der Waals surface area contributed by atoms with E-state index in [1.54, 1.807) is 47.4 Å². The molecule has 3 aromatic rings. The van der Waals surface area contributed by atoms with Crippen LogP contribution in [0.25, 0.3) is 0 Å². The average Bonchev–Trinajstić information content (AvgIpc) is 3.00. The summed E-state index contributed by atoms with van der Waals surface area (Å²) in [6.45, 7) is 4.42. The number of nitrogens with zero attached hydrogens (tertiary/aromatic N) is 2. The second-order valence-electron chi connectivity index (χ2n) is 10.3. The molecule has 4 rings (SSSR count). The van der Waals surface area contributed by atoms with Crippen LogP contribution in [0.15, 0.2) is 91.5 Å². The van der Waals surface area contributed by atoms with E-state index in [0.29, 0.717) is 17.8 Å².